The summed E-state index contributed by atoms with van der Waals surface area (Å²) in [5.41, 5.74) is 0. The van der Waals surface area contributed by atoms with Gasteiger partial charge in [-0.05, 0) is 0 Å². The molecule has 6 nitrogen and oxygen atoms in total. The predicted octanol–water partition coefficient (Wildman–Crippen LogP) is -1.25. The maximum atomic E-state index is 12.0. The van der Waals surface area contributed by atoms with Gasteiger partial charge in [-0.15, -0.1) is 11.8 Å². The number of rotatable bonds is 2. The molecule has 1 atom stereocenters. The van der Waals surface area contributed by atoms with Gasteiger partial charge in [0.25, 0.3) is 0 Å². The molecule has 17 heavy (non-hydrogen) atoms. The fourth-order valence-corrected chi connectivity index (χ4v) is 3.77. The van der Waals surface area contributed by atoms with Gasteiger partial charge in [0.2, 0.25) is 15.9 Å². The van der Waals surface area contributed by atoms with E-state index in [0.717, 1.165) is 11.6 Å². The van der Waals surface area contributed by atoms with Gasteiger partial charge >= 0.3 is 0 Å². The Morgan fingerprint density at radius 3 is 2.41 bits per heavy atom. The Bertz CT molecular complexity index is 384. The number of nitrogens with one attached hydrogen (secondary N) is 1. The zero-order valence-electron chi connectivity index (χ0n) is 9.76. The number of carbonyl (C=O) groups excluding carboxylic acids is 1. The van der Waals surface area contributed by atoms with E-state index in [1.165, 1.54) is 10.6 Å². The molecule has 2 saturated heterocycles. The van der Waals surface area contributed by atoms with Crippen LogP contribution in [0.3, 0.4) is 0 Å². The van der Waals surface area contributed by atoms with Gasteiger partial charge in [0.15, 0.2) is 0 Å². The summed E-state index contributed by atoms with van der Waals surface area (Å²) in [6, 6.07) is -0.0928. The summed E-state index contributed by atoms with van der Waals surface area (Å²) in [4.78, 5) is 13.8. The van der Waals surface area contributed by atoms with E-state index in [1.807, 2.05) is 0 Å². The van der Waals surface area contributed by atoms with Crippen molar-refractivity contribution in [3.63, 3.8) is 0 Å². The highest BCUT2D eigenvalue weighted by Gasteiger charge is 2.31. The molecular formula is C9H17N3O3S2. The largest absolute Gasteiger partial charge is 0.339 e. The minimum atomic E-state index is -3.12. The highest BCUT2D eigenvalue weighted by atomic mass is 32.2. The van der Waals surface area contributed by atoms with Crippen LogP contribution < -0.4 is 5.32 Å². The van der Waals surface area contributed by atoms with E-state index in [-0.39, 0.29) is 11.9 Å². The van der Waals surface area contributed by atoms with Gasteiger partial charge < -0.3 is 4.90 Å². The van der Waals surface area contributed by atoms with Gasteiger partial charge in [0.05, 0.1) is 12.3 Å². The highest BCUT2D eigenvalue weighted by Crippen LogP contribution is 2.14. The highest BCUT2D eigenvalue weighted by molar-refractivity contribution is 7.99. The van der Waals surface area contributed by atoms with Crippen LogP contribution in [0, 0.1) is 0 Å². The smallest absolute Gasteiger partial charge is 0.240 e. The summed E-state index contributed by atoms with van der Waals surface area (Å²) in [5.74, 6) is 1.73. The van der Waals surface area contributed by atoms with Crippen molar-refractivity contribution < 1.29 is 13.2 Å². The molecule has 2 aliphatic heterocycles. The summed E-state index contributed by atoms with van der Waals surface area (Å²) in [5, 5.41) is 3.14. The maximum Gasteiger partial charge on any atom is 0.240 e. The second-order valence-electron chi connectivity index (χ2n) is 4.26. The van der Waals surface area contributed by atoms with E-state index >= 15 is 0 Å². The Kier molecular flexibility index (Phi) is 3.96. The van der Waals surface area contributed by atoms with E-state index in [9.17, 15) is 13.2 Å². The quantitative estimate of drug-likeness (QED) is 0.684. The number of hydrogen-bond donors (Lipinski definition) is 1. The molecule has 0 saturated carbocycles. The van der Waals surface area contributed by atoms with Gasteiger partial charge in [-0.25, -0.2) is 8.42 Å². The van der Waals surface area contributed by atoms with Crippen molar-refractivity contribution in [2.75, 3.05) is 44.1 Å². The second kappa shape index (κ2) is 5.13. The third kappa shape index (κ3) is 3.12. The summed E-state index contributed by atoms with van der Waals surface area (Å²) in [6.45, 7) is 1.80. The van der Waals surface area contributed by atoms with Crippen LogP contribution in [0.1, 0.15) is 0 Å². The minimum absolute atomic E-state index is 0.0928. The average Bonchev–Trinajstić information content (AvgIpc) is 2.80. The van der Waals surface area contributed by atoms with Crippen molar-refractivity contribution in [2.45, 2.75) is 6.04 Å². The van der Waals surface area contributed by atoms with Gasteiger partial charge in [0, 0.05) is 37.8 Å². The van der Waals surface area contributed by atoms with Gasteiger partial charge in [0.1, 0.15) is 0 Å². The van der Waals surface area contributed by atoms with Gasteiger partial charge in [-0.2, -0.15) is 4.31 Å². The first-order chi connectivity index (χ1) is 7.98. The van der Waals surface area contributed by atoms with Crippen LogP contribution in [0.4, 0.5) is 0 Å². The molecule has 2 heterocycles. The molecule has 0 radical (unpaired) electrons. The van der Waals surface area contributed by atoms with Crippen LogP contribution in [0.2, 0.25) is 0 Å². The van der Waals surface area contributed by atoms with Crippen molar-refractivity contribution in [2.24, 2.45) is 0 Å². The number of nitrogens with zero attached hydrogens (tertiary/aromatic N) is 2. The zero-order valence-corrected chi connectivity index (χ0v) is 11.4. The number of piperazine rings is 1. The molecule has 2 fully saturated rings. The monoisotopic (exact) mass is 279 g/mol. The van der Waals surface area contributed by atoms with Crippen LogP contribution in [0.5, 0.6) is 0 Å². The second-order valence-corrected chi connectivity index (χ2v) is 7.27. The summed E-state index contributed by atoms with van der Waals surface area (Å²) < 4.78 is 24.1. The minimum Gasteiger partial charge on any atom is -0.339 e. The fraction of sp³-hybridized carbons (Fsp3) is 0.889. The molecule has 0 aromatic heterocycles. The molecule has 0 aliphatic carbocycles. The lowest BCUT2D eigenvalue weighted by Crippen LogP contribution is -2.54. The normalized spacial score (nSPS) is 27.4. The first-order valence-corrected chi connectivity index (χ1v) is 8.54. The van der Waals surface area contributed by atoms with Crippen LogP contribution in [0.15, 0.2) is 0 Å². The van der Waals surface area contributed by atoms with Crippen molar-refractivity contribution in [1.29, 1.82) is 0 Å². The molecule has 2 aliphatic rings. The number of hydrogen-bond acceptors (Lipinski definition) is 5. The molecule has 0 spiro atoms. The molecule has 0 bridgehead atoms. The molecule has 1 amide bonds. The van der Waals surface area contributed by atoms with E-state index in [0.29, 0.717) is 26.2 Å². The van der Waals surface area contributed by atoms with Crippen molar-refractivity contribution >= 4 is 27.7 Å². The maximum absolute atomic E-state index is 12.0. The number of sulfonamides is 1. The fourth-order valence-electron chi connectivity index (χ4n) is 2.01. The average molecular weight is 279 g/mol. The van der Waals surface area contributed by atoms with E-state index in [1.54, 1.807) is 16.7 Å². The molecule has 2 rings (SSSR count). The Morgan fingerprint density at radius 2 is 1.94 bits per heavy atom. The Balaban J connectivity index is 1.88. The summed E-state index contributed by atoms with van der Waals surface area (Å²) >= 11 is 1.71. The number of amides is 1. The molecular weight excluding hydrogens is 262 g/mol. The predicted molar refractivity (Wildman–Crippen MR) is 67.2 cm³/mol. The Hall–Kier alpha value is -0.310. The number of carbonyl (C=O) groups is 1. The third-order valence-electron chi connectivity index (χ3n) is 3.03. The lowest BCUT2D eigenvalue weighted by atomic mass is 10.2. The van der Waals surface area contributed by atoms with Gasteiger partial charge in [-0.1, -0.05) is 0 Å². The zero-order chi connectivity index (χ0) is 12.5. The molecule has 1 unspecified atom stereocenters. The van der Waals surface area contributed by atoms with E-state index in [2.05, 4.69) is 5.32 Å². The lowest BCUT2D eigenvalue weighted by Gasteiger charge is -2.34. The first kappa shape index (κ1) is 13.1. The van der Waals surface area contributed by atoms with E-state index in [4.69, 9.17) is 0 Å². The molecule has 1 N–H and O–H groups in total. The standard InChI is InChI=1S/C9H17N3O3S2/c1-17(14,15)12-4-2-11(3-5-12)9(13)8-6-16-7-10-8/h8,10H,2-7H2,1H3. The topological polar surface area (TPSA) is 69.7 Å². The summed E-state index contributed by atoms with van der Waals surface area (Å²) in [7, 11) is -3.12. The van der Waals surface area contributed by atoms with E-state index < -0.39 is 10.0 Å². The van der Waals surface area contributed by atoms with Crippen LogP contribution in [0.25, 0.3) is 0 Å². The molecule has 0 aromatic carbocycles. The van der Waals surface area contributed by atoms with Crippen LogP contribution in [-0.2, 0) is 14.8 Å². The SMILES string of the molecule is CS(=O)(=O)N1CCN(C(=O)C2CSCN2)CC1. The molecule has 0 aromatic rings. The van der Waals surface area contributed by atoms with Crippen molar-refractivity contribution in [3.8, 4) is 0 Å². The molecule has 98 valence electrons. The van der Waals surface area contributed by atoms with Crippen molar-refractivity contribution in [3.05, 3.63) is 0 Å². The first-order valence-electron chi connectivity index (χ1n) is 5.53. The van der Waals surface area contributed by atoms with Gasteiger partial charge in [-0.3, -0.25) is 10.1 Å². The van der Waals surface area contributed by atoms with Crippen molar-refractivity contribution in [1.82, 2.24) is 14.5 Å². The lowest BCUT2D eigenvalue weighted by molar-refractivity contribution is -0.133. The van der Waals surface area contributed by atoms with Crippen LogP contribution in [-0.4, -0.2) is 73.6 Å². The number of thioether (sulfide) groups is 1. The van der Waals surface area contributed by atoms with Crippen LogP contribution >= 0.6 is 11.8 Å². The summed E-state index contributed by atoms with van der Waals surface area (Å²) in [6.07, 6.45) is 1.21. The Labute approximate surface area is 106 Å². The Morgan fingerprint density at radius 1 is 1.29 bits per heavy atom. The third-order valence-corrected chi connectivity index (χ3v) is 5.28. The molecule has 8 heteroatoms.